The van der Waals surface area contributed by atoms with Crippen LogP contribution in [0.25, 0.3) is 11.4 Å². The first kappa shape index (κ1) is 15.3. The van der Waals surface area contributed by atoms with Crippen LogP contribution >= 0.6 is 0 Å². The van der Waals surface area contributed by atoms with Crippen LogP contribution in [0.1, 0.15) is 37.9 Å². The number of rotatable bonds is 5. The largest absolute Gasteiger partial charge is 0.493 e. The van der Waals surface area contributed by atoms with Gasteiger partial charge in [-0.1, -0.05) is 26.0 Å². The van der Waals surface area contributed by atoms with E-state index in [0.717, 1.165) is 28.4 Å². The number of hydrogen-bond acceptors (Lipinski definition) is 4. The Morgan fingerprint density at radius 2 is 1.90 bits per heavy atom. The quantitative estimate of drug-likeness (QED) is 0.901. The van der Waals surface area contributed by atoms with Gasteiger partial charge in [-0.25, -0.2) is 9.97 Å². The molecule has 0 atom stereocenters. The van der Waals surface area contributed by atoms with Crippen molar-refractivity contribution in [3.05, 3.63) is 35.5 Å². The second-order valence-corrected chi connectivity index (χ2v) is 5.23. The Morgan fingerprint density at radius 1 is 1.19 bits per heavy atom. The van der Waals surface area contributed by atoms with Gasteiger partial charge >= 0.3 is 0 Å². The number of nitrogens with zero attached hydrogens (tertiary/aromatic N) is 2. The van der Waals surface area contributed by atoms with Crippen LogP contribution < -0.4 is 10.1 Å². The van der Waals surface area contributed by atoms with Crippen LogP contribution in [-0.4, -0.2) is 23.6 Å². The van der Waals surface area contributed by atoms with Crippen LogP contribution in [0, 0.1) is 6.92 Å². The van der Waals surface area contributed by atoms with Crippen molar-refractivity contribution in [3.63, 3.8) is 0 Å². The summed E-state index contributed by atoms with van der Waals surface area (Å²) in [5, 5.41) is 3.19. The Balaban J connectivity index is 2.58. The molecular weight excluding hydrogens is 262 g/mol. The summed E-state index contributed by atoms with van der Waals surface area (Å²) in [6.45, 7) is 8.94. The van der Waals surface area contributed by atoms with Crippen LogP contribution in [0.15, 0.2) is 24.3 Å². The summed E-state index contributed by atoms with van der Waals surface area (Å²) < 4.78 is 5.68. The van der Waals surface area contributed by atoms with Crippen molar-refractivity contribution in [3.8, 4) is 17.1 Å². The van der Waals surface area contributed by atoms with Crippen molar-refractivity contribution >= 4 is 5.82 Å². The van der Waals surface area contributed by atoms with Gasteiger partial charge in [-0.3, -0.25) is 0 Å². The van der Waals surface area contributed by atoms with E-state index in [9.17, 15) is 0 Å². The number of hydrogen-bond donors (Lipinski definition) is 1. The van der Waals surface area contributed by atoms with Gasteiger partial charge in [-0.15, -0.1) is 0 Å². The molecule has 0 unspecified atom stereocenters. The maximum Gasteiger partial charge on any atom is 0.165 e. The minimum Gasteiger partial charge on any atom is -0.493 e. The summed E-state index contributed by atoms with van der Waals surface area (Å²) >= 11 is 0. The average Bonchev–Trinajstić information content (AvgIpc) is 2.46. The summed E-state index contributed by atoms with van der Waals surface area (Å²) in [6.07, 6.45) is 0. The van der Waals surface area contributed by atoms with Gasteiger partial charge in [0.1, 0.15) is 11.6 Å². The number of para-hydroxylation sites is 1. The van der Waals surface area contributed by atoms with E-state index in [1.165, 1.54) is 0 Å². The standard InChI is InChI=1S/C17H23N3O/c1-6-21-14-10-8-7-9-13(14)16-19-12(4)15(11(2)3)17(18-5)20-16/h7-11H,6H2,1-5H3,(H,18,19,20). The second-order valence-electron chi connectivity index (χ2n) is 5.23. The third-order valence-corrected chi connectivity index (χ3v) is 3.38. The maximum atomic E-state index is 5.68. The molecule has 0 fully saturated rings. The summed E-state index contributed by atoms with van der Waals surface area (Å²) in [4.78, 5) is 9.37. The van der Waals surface area contributed by atoms with Gasteiger partial charge in [0.2, 0.25) is 0 Å². The molecular formula is C17H23N3O. The lowest BCUT2D eigenvalue weighted by molar-refractivity contribution is 0.341. The van der Waals surface area contributed by atoms with Gasteiger partial charge in [0, 0.05) is 18.3 Å². The van der Waals surface area contributed by atoms with E-state index in [1.54, 1.807) is 0 Å². The van der Waals surface area contributed by atoms with Crippen LogP contribution in [0.4, 0.5) is 5.82 Å². The van der Waals surface area contributed by atoms with E-state index in [2.05, 4.69) is 29.1 Å². The molecule has 112 valence electrons. The van der Waals surface area contributed by atoms with Crippen molar-refractivity contribution in [2.24, 2.45) is 0 Å². The zero-order valence-electron chi connectivity index (χ0n) is 13.4. The highest BCUT2D eigenvalue weighted by Gasteiger charge is 2.16. The number of benzene rings is 1. The molecule has 2 aromatic rings. The average molecular weight is 285 g/mol. The van der Waals surface area contributed by atoms with Gasteiger partial charge in [0.05, 0.1) is 12.2 Å². The van der Waals surface area contributed by atoms with Crippen LogP contribution in [0.2, 0.25) is 0 Å². The third kappa shape index (κ3) is 3.15. The topological polar surface area (TPSA) is 47.0 Å². The van der Waals surface area contributed by atoms with Crippen molar-refractivity contribution in [1.82, 2.24) is 9.97 Å². The molecule has 0 aliphatic carbocycles. The highest BCUT2D eigenvalue weighted by molar-refractivity contribution is 5.66. The molecule has 0 aliphatic rings. The fourth-order valence-electron chi connectivity index (χ4n) is 2.52. The van der Waals surface area contributed by atoms with Gasteiger partial charge in [0.15, 0.2) is 5.82 Å². The van der Waals surface area contributed by atoms with Crippen molar-refractivity contribution in [2.45, 2.75) is 33.6 Å². The maximum absolute atomic E-state index is 5.68. The fraction of sp³-hybridized carbons (Fsp3) is 0.412. The molecule has 0 aliphatic heterocycles. The van der Waals surface area contributed by atoms with Crippen LogP contribution in [0.5, 0.6) is 5.75 Å². The summed E-state index contributed by atoms with van der Waals surface area (Å²) in [5.74, 6) is 2.78. The lowest BCUT2D eigenvalue weighted by atomic mass is 10.0. The van der Waals surface area contributed by atoms with Gasteiger partial charge < -0.3 is 10.1 Å². The highest BCUT2D eigenvalue weighted by Crippen LogP contribution is 2.31. The number of anilines is 1. The number of nitrogens with one attached hydrogen (secondary N) is 1. The molecule has 0 saturated heterocycles. The van der Waals surface area contributed by atoms with Gasteiger partial charge in [-0.2, -0.15) is 0 Å². The predicted molar refractivity (Wildman–Crippen MR) is 87.0 cm³/mol. The smallest absolute Gasteiger partial charge is 0.165 e. The molecule has 4 nitrogen and oxygen atoms in total. The number of aryl methyl sites for hydroxylation is 1. The molecule has 4 heteroatoms. The van der Waals surface area contributed by atoms with E-state index < -0.39 is 0 Å². The van der Waals surface area contributed by atoms with E-state index in [1.807, 2.05) is 45.2 Å². The Bertz CT molecular complexity index is 623. The predicted octanol–water partition coefficient (Wildman–Crippen LogP) is 4.02. The van der Waals surface area contributed by atoms with Crippen molar-refractivity contribution in [1.29, 1.82) is 0 Å². The number of aromatic nitrogens is 2. The second kappa shape index (κ2) is 6.57. The van der Waals surface area contributed by atoms with E-state index >= 15 is 0 Å². The number of ether oxygens (including phenoxy) is 1. The SMILES string of the molecule is CCOc1ccccc1-c1nc(C)c(C(C)C)c(NC)n1. The Labute approximate surface area is 126 Å². The zero-order valence-corrected chi connectivity index (χ0v) is 13.4. The van der Waals surface area contributed by atoms with E-state index in [0.29, 0.717) is 18.3 Å². The first-order valence-corrected chi connectivity index (χ1v) is 7.37. The Morgan fingerprint density at radius 3 is 2.52 bits per heavy atom. The van der Waals surface area contributed by atoms with Crippen LogP contribution in [0.3, 0.4) is 0 Å². The lowest BCUT2D eigenvalue weighted by Crippen LogP contribution is -2.07. The molecule has 1 aromatic carbocycles. The third-order valence-electron chi connectivity index (χ3n) is 3.38. The van der Waals surface area contributed by atoms with Crippen LogP contribution in [-0.2, 0) is 0 Å². The first-order chi connectivity index (χ1) is 10.1. The molecule has 1 N–H and O–H groups in total. The minimum atomic E-state index is 0.378. The van der Waals surface area contributed by atoms with Gasteiger partial charge in [-0.05, 0) is 31.9 Å². The summed E-state index contributed by atoms with van der Waals surface area (Å²) in [6, 6.07) is 7.88. The Hall–Kier alpha value is -2.10. The molecule has 0 spiro atoms. The summed E-state index contributed by atoms with van der Waals surface area (Å²) in [7, 11) is 1.89. The molecule has 0 amide bonds. The molecule has 2 rings (SSSR count). The first-order valence-electron chi connectivity index (χ1n) is 7.37. The van der Waals surface area contributed by atoms with Crippen molar-refractivity contribution in [2.75, 3.05) is 19.0 Å². The molecule has 0 radical (unpaired) electrons. The minimum absolute atomic E-state index is 0.378. The molecule has 21 heavy (non-hydrogen) atoms. The van der Waals surface area contributed by atoms with E-state index in [4.69, 9.17) is 4.74 Å². The summed E-state index contributed by atoms with van der Waals surface area (Å²) in [5.41, 5.74) is 3.09. The monoisotopic (exact) mass is 285 g/mol. The fourth-order valence-corrected chi connectivity index (χ4v) is 2.52. The molecule has 0 bridgehead atoms. The molecule has 1 aromatic heterocycles. The molecule has 1 heterocycles. The Kier molecular flexibility index (Phi) is 4.78. The highest BCUT2D eigenvalue weighted by atomic mass is 16.5. The molecule has 0 saturated carbocycles. The van der Waals surface area contributed by atoms with Crippen molar-refractivity contribution < 1.29 is 4.74 Å². The van der Waals surface area contributed by atoms with E-state index in [-0.39, 0.29) is 0 Å². The van der Waals surface area contributed by atoms with Gasteiger partial charge in [0.25, 0.3) is 0 Å². The lowest BCUT2D eigenvalue weighted by Gasteiger charge is -2.16. The normalized spacial score (nSPS) is 10.8. The zero-order chi connectivity index (χ0) is 15.4.